The van der Waals surface area contributed by atoms with Crippen molar-refractivity contribution >= 4 is 18.5 Å². The molecule has 0 bridgehead atoms. The quantitative estimate of drug-likeness (QED) is 0.652. The summed E-state index contributed by atoms with van der Waals surface area (Å²) in [7, 11) is -1.50. The van der Waals surface area contributed by atoms with Crippen LogP contribution in [0.4, 0.5) is 5.95 Å². The number of rotatable bonds is 6. The summed E-state index contributed by atoms with van der Waals surface area (Å²) >= 11 is 0. The molecule has 6 heteroatoms. The van der Waals surface area contributed by atoms with Crippen LogP contribution in [0.3, 0.4) is 0 Å². The van der Waals surface area contributed by atoms with E-state index >= 15 is 0 Å². The highest BCUT2D eigenvalue weighted by atomic mass is 16.4. The third-order valence-corrected chi connectivity index (χ3v) is 2.23. The van der Waals surface area contributed by atoms with E-state index in [9.17, 15) is 0 Å². The van der Waals surface area contributed by atoms with Crippen molar-refractivity contribution in [2.45, 2.75) is 26.7 Å². The third kappa shape index (κ3) is 3.46. The second-order valence-electron chi connectivity index (χ2n) is 3.68. The molecule has 0 aliphatic carbocycles. The fraction of sp³-hybridized carbons (Fsp3) is 0.600. The fourth-order valence-corrected chi connectivity index (χ4v) is 1.48. The summed E-state index contributed by atoms with van der Waals surface area (Å²) in [6.45, 7) is 6.03. The molecule has 1 heterocycles. The molecule has 0 atom stereocenters. The summed E-state index contributed by atoms with van der Waals surface area (Å²) in [4.78, 5) is 10.4. The zero-order valence-electron chi connectivity index (χ0n) is 9.80. The fourth-order valence-electron chi connectivity index (χ4n) is 1.48. The zero-order chi connectivity index (χ0) is 12.0. The number of anilines is 1. The van der Waals surface area contributed by atoms with Crippen molar-refractivity contribution in [2.75, 3.05) is 18.0 Å². The first-order valence-corrected chi connectivity index (χ1v) is 5.62. The largest absolute Gasteiger partial charge is 0.491 e. The first-order chi connectivity index (χ1) is 7.69. The van der Waals surface area contributed by atoms with Gasteiger partial charge in [0.15, 0.2) is 0 Å². The van der Waals surface area contributed by atoms with Crippen LogP contribution in [0.15, 0.2) is 12.4 Å². The Balaban J connectivity index is 2.76. The van der Waals surface area contributed by atoms with Gasteiger partial charge in [-0.25, -0.2) is 9.97 Å². The molecular formula is C10H18BN3O2. The van der Waals surface area contributed by atoms with Gasteiger partial charge in [0.1, 0.15) is 0 Å². The number of nitrogens with zero attached hydrogens (tertiary/aromatic N) is 3. The van der Waals surface area contributed by atoms with Crippen LogP contribution in [-0.4, -0.2) is 40.2 Å². The van der Waals surface area contributed by atoms with E-state index < -0.39 is 7.12 Å². The van der Waals surface area contributed by atoms with E-state index in [4.69, 9.17) is 10.0 Å². The van der Waals surface area contributed by atoms with Crippen molar-refractivity contribution in [3.05, 3.63) is 12.4 Å². The maximum Gasteiger partial charge on any atom is 0.491 e. The first-order valence-electron chi connectivity index (χ1n) is 5.62. The maximum absolute atomic E-state index is 8.92. The van der Waals surface area contributed by atoms with Gasteiger partial charge >= 0.3 is 7.12 Å². The van der Waals surface area contributed by atoms with E-state index in [0.717, 1.165) is 25.9 Å². The van der Waals surface area contributed by atoms with Crippen molar-refractivity contribution in [3.63, 3.8) is 0 Å². The summed E-state index contributed by atoms with van der Waals surface area (Å²) in [5.74, 6) is 0.646. The zero-order valence-corrected chi connectivity index (χ0v) is 9.80. The Kier molecular flexibility index (Phi) is 5.21. The Bertz CT molecular complexity index is 299. The van der Waals surface area contributed by atoms with Crippen LogP contribution in [0.2, 0.25) is 0 Å². The Morgan fingerprint density at radius 1 is 1.12 bits per heavy atom. The Morgan fingerprint density at radius 3 is 2.00 bits per heavy atom. The molecule has 16 heavy (non-hydrogen) atoms. The van der Waals surface area contributed by atoms with Gasteiger partial charge in [0, 0.05) is 30.9 Å². The highest BCUT2D eigenvalue weighted by molar-refractivity contribution is 6.58. The molecule has 1 aromatic heterocycles. The van der Waals surface area contributed by atoms with Gasteiger partial charge in [0.05, 0.1) is 0 Å². The van der Waals surface area contributed by atoms with Crippen LogP contribution in [0, 0.1) is 0 Å². The van der Waals surface area contributed by atoms with Gasteiger partial charge in [0.2, 0.25) is 5.95 Å². The number of aromatic nitrogens is 2. The summed E-state index contributed by atoms with van der Waals surface area (Å²) in [6.07, 6.45) is 4.97. The van der Waals surface area contributed by atoms with Crippen molar-refractivity contribution in [2.24, 2.45) is 0 Å². The van der Waals surface area contributed by atoms with E-state index in [2.05, 4.69) is 28.7 Å². The molecule has 0 unspecified atom stereocenters. The first kappa shape index (κ1) is 12.9. The summed E-state index contributed by atoms with van der Waals surface area (Å²) in [5, 5.41) is 17.8. The second-order valence-corrected chi connectivity index (χ2v) is 3.68. The average molecular weight is 223 g/mol. The van der Waals surface area contributed by atoms with Crippen molar-refractivity contribution in [3.8, 4) is 0 Å². The molecule has 88 valence electrons. The molecule has 0 aliphatic rings. The Morgan fingerprint density at radius 2 is 1.62 bits per heavy atom. The lowest BCUT2D eigenvalue weighted by atomic mass is 9.83. The summed E-state index contributed by atoms with van der Waals surface area (Å²) in [5.41, 5.74) is 0.316. The maximum atomic E-state index is 8.92. The van der Waals surface area contributed by atoms with Gasteiger partial charge in [-0.3, -0.25) is 0 Å². The van der Waals surface area contributed by atoms with Gasteiger partial charge in [-0.15, -0.1) is 0 Å². The average Bonchev–Trinajstić information content (AvgIpc) is 2.29. The monoisotopic (exact) mass is 223 g/mol. The molecule has 0 aliphatic heterocycles. The minimum absolute atomic E-state index is 0.316. The van der Waals surface area contributed by atoms with Crippen molar-refractivity contribution in [1.29, 1.82) is 0 Å². The van der Waals surface area contributed by atoms with Gasteiger partial charge in [-0.05, 0) is 12.8 Å². The van der Waals surface area contributed by atoms with Gasteiger partial charge in [0.25, 0.3) is 0 Å². The molecule has 5 nitrogen and oxygen atoms in total. The minimum Gasteiger partial charge on any atom is -0.423 e. The molecule has 0 aromatic carbocycles. The predicted octanol–water partition coefficient (Wildman–Crippen LogP) is -0.217. The molecule has 0 saturated heterocycles. The third-order valence-electron chi connectivity index (χ3n) is 2.23. The van der Waals surface area contributed by atoms with Crippen LogP contribution in [0.5, 0.6) is 0 Å². The second kappa shape index (κ2) is 6.45. The predicted molar refractivity (Wildman–Crippen MR) is 64.7 cm³/mol. The lowest BCUT2D eigenvalue weighted by Gasteiger charge is -2.21. The van der Waals surface area contributed by atoms with E-state index in [-0.39, 0.29) is 0 Å². The smallest absolute Gasteiger partial charge is 0.423 e. The molecule has 1 aromatic rings. The molecule has 0 saturated carbocycles. The molecular weight excluding hydrogens is 205 g/mol. The lowest BCUT2D eigenvalue weighted by molar-refractivity contribution is 0.425. The molecule has 1 rings (SSSR count). The SMILES string of the molecule is CCCN(CCC)c1ncc(B(O)O)cn1. The Hall–Kier alpha value is -1.14. The normalized spacial score (nSPS) is 10.2. The van der Waals surface area contributed by atoms with E-state index in [1.54, 1.807) is 0 Å². The van der Waals surface area contributed by atoms with E-state index in [1.165, 1.54) is 12.4 Å². The van der Waals surface area contributed by atoms with Crippen molar-refractivity contribution in [1.82, 2.24) is 9.97 Å². The topological polar surface area (TPSA) is 69.5 Å². The number of hydrogen-bond donors (Lipinski definition) is 2. The molecule has 0 amide bonds. The molecule has 2 N–H and O–H groups in total. The Labute approximate surface area is 96.3 Å². The minimum atomic E-state index is -1.50. The van der Waals surface area contributed by atoms with Crippen LogP contribution in [0.1, 0.15) is 26.7 Å². The van der Waals surface area contributed by atoms with Crippen LogP contribution in [0.25, 0.3) is 0 Å². The van der Waals surface area contributed by atoms with Crippen LogP contribution < -0.4 is 10.4 Å². The molecule has 0 spiro atoms. The highest BCUT2D eigenvalue weighted by Gasteiger charge is 2.13. The molecule has 0 fully saturated rings. The lowest BCUT2D eigenvalue weighted by Crippen LogP contribution is -2.33. The highest BCUT2D eigenvalue weighted by Crippen LogP contribution is 2.05. The van der Waals surface area contributed by atoms with E-state index in [0.29, 0.717) is 11.4 Å². The van der Waals surface area contributed by atoms with E-state index in [1.807, 2.05) is 0 Å². The standard InChI is InChI=1S/C10H18BN3O2/c1-3-5-14(6-4-2)10-12-7-9(8-13-10)11(15)16/h7-8,15-16H,3-6H2,1-2H3. The summed E-state index contributed by atoms with van der Waals surface area (Å²) < 4.78 is 0. The van der Waals surface area contributed by atoms with Gasteiger partial charge in [-0.2, -0.15) is 0 Å². The van der Waals surface area contributed by atoms with Gasteiger partial charge < -0.3 is 14.9 Å². The van der Waals surface area contributed by atoms with Crippen molar-refractivity contribution < 1.29 is 10.0 Å². The summed E-state index contributed by atoms with van der Waals surface area (Å²) in [6, 6.07) is 0. The van der Waals surface area contributed by atoms with Gasteiger partial charge in [-0.1, -0.05) is 13.8 Å². The van der Waals surface area contributed by atoms with Crippen LogP contribution >= 0.6 is 0 Å². The molecule has 0 radical (unpaired) electrons. The van der Waals surface area contributed by atoms with Crippen LogP contribution in [-0.2, 0) is 0 Å². The number of hydrogen-bond acceptors (Lipinski definition) is 5.